The van der Waals surface area contributed by atoms with Gasteiger partial charge < -0.3 is 0 Å². The van der Waals surface area contributed by atoms with E-state index < -0.39 is 0 Å². The number of hydrazine groups is 1. The van der Waals surface area contributed by atoms with Crippen molar-refractivity contribution in [1.29, 1.82) is 0 Å². The Labute approximate surface area is 175 Å². The fraction of sp³-hybridized carbons (Fsp3) is 0.333. The van der Waals surface area contributed by atoms with Crippen LogP contribution in [0.2, 0.25) is 0 Å². The number of nitrogens with zero attached hydrogens (tertiary/aromatic N) is 2. The van der Waals surface area contributed by atoms with Crippen LogP contribution in [-0.4, -0.2) is 21.8 Å². The second-order valence-corrected chi connectivity index (χ2v) is 8.45. The lowest BCUT2D eigenvalue weighted by atomic mass is 9.86. The number of hydrogen-bond donors (Lipinski definition) is 2. The van der Waals surface area contributed by atoms with E-state index in [2.05, 4.69) is 20.8 Å². The molecule has 2 heterocycles. The first kappa shape index (κ1) is 18.7. The summed E-state index contributed by atoms with van der Waals surface area (Å²) in [4.78, 5) is 34.1. The number of benzene rings is 1. The Morgan fingerprint density at radius 3 is 2.60 bits per heavy atom. The van der Waals surface area contributed by atoms with Crippen LogP contribution >= 0.6 is 0 Å². The van der Waals surface area contributed by atoms with Gasteiger partial charge in [0, 0.05) is 29.8 Å². The predicted octanol–water partition coefficient (Wildman–Crippen LogP) is 3.88. The third-order valence-electron chi connectivity index (χ3n) is 6.58. The maximum absolute atomic E-state index is 12.9. The topological polar surface area (TPSA) is 84.0 Å². The molecule has 152 valence electrons. The smallest absolute Gasteiger partial charge is 0.270 e. The van der Waals surface area contributed by atoms with Gasteiger partial charge in [-0.25, -0.2) is 4.98 Å². The predicted molar refractivity (Wildman–Crippen MR) is 114 cm³/mol. The number of rotatable bonds is 4. The van der Waals surface area contributed by atoms with Crippen molar-refractivity contribution in [3.8, 4) is 11.3 Å². The van der Waals surface area contributed by atoms with Crippen LogP contribution in [0.5, 0.6) is 0 Å². The van der Waals surface area contributed by atoms with Crippen LogP contribution in [-0.2, 0) is 4.79 Å². The molecular formula is C24H24N4O2. The fourth-order valence-corrected chi connectivity index (χ4v) is 5.14. The lowest BCUT2D eigenvalue weighted by Crippen LogP contribution is -2.42. The number of amides is 2. The molecule has 0 spiro atoms. The van der Waals surface area contributed by atoms with Crippen molar-refractivity contribution in [1.82, 2.24) is 20.8 Å². The molecule has 0 radical (unpaired) electrons. The molecule has 0 saturated heterocycles. The molecular weight excluding hydrogens is 376 g/mol. The van der Waals surface area contributed by atoms with Crippen molar-refractivity contribution >= 4 is 22.7 Å². The van der Waals surface area contributed by atoms with E-state index in [0.29, 0.717) is 29.5 Å². The monoisotopic (exact) mass is 400 g/mol. The Hall–Kier alpha value is -3.28. The van der Waals surface area contributed by atoms with Crippen molar-refractivity contribution in [2.24, 2.45) is 17.8 Å². The number of carbonyl (C=O) groups excluding carboxylic acids is 2. The molecule has 2 bridgehead atoms. The first-order valence-electron chi connectivity index (χ1n) is 10.6. The average molecular weight is 400 g/mol. The van der Waals surface area contributed by atoms with E-state index in [4.69, 9.17) is 0 Å². The third kappa shape index (κ3) is 3.65. The van der Waals surface area contributed by atoms with Gasteiger partial charge in [-0.1, -0.05) is 24.6 Å². The molecule has 2 N–H and O–H groups in total. The van der Waals surface area contributed by atoms with Gasteiger partial charge in [0.25, 0.3) is 5.91 Å². The largest absolute Gasteiger partial charge is 0.273 e. The van der Waals surface area contributed by atoms with Crippen molar-refractivity contribution in [3.63, 3.8) is 0 Å². The number of aromatic nitrogens is 2. The number of pyridine rings is 2. The van der Waals surface area contributed by atoms with Gasteiger partial charge in [-0.2, -0.15) is 0 Å². The molecule has 2 aromatic heterocycles. The highest BCUT2D eigenvalue weighted by Crippen LogP contribution is 2.49. The zero-order valence-corrected chi connectivity index (χ0v) is 16.7. The molecule has 2 fully saturated rings. The molecule has 2 saturated carbocycles. The van der Waals surface area contributed by atoms with Crippen LogP contribution in [0, 0.1) is 17.8 Å². The van der Waals surface area contributed by atoms with E-state index >= 15 is 0 Å². The third-order valence-corrected chi connectivity index (χ3v) is 6.58. The fourth-order valence-electron chi connectivity index (χ4n) is 5.14. The summed E-state index contributed by atoms with van der Waals surface area (Å²) in [6.45, 7) is 0. The van der Waals surface area contributed by atoms with E-state index in [1.165, 1.54) is 19.3 Å². The Morgan fingerprint density at radius 1 is 1.00 bits per heavy atom. The van der Waals surface area contributed by atoms with Crippen LogP contribution in [0.3, 0.4) is 0 Å². The maximum Gasteiger partial charge on any atom is 0.270 e. The van der Waals surface area contributed by atoms with Gasteiger partial charge in [0.1, 0.15) is 0 Å². The van der Waals surface area contributed by atoms with Gasteiger partial charge in [-0.15, -0.1) is 0 Å². The molecule has 6 nitrogen and oxygen atoms in total. The highest BCUT2D eigenvalue weighted by atomic mass is 16.2. The summed E-state index contributed by atoms with van der Waals surface area (Å²) in [6.07, 6.45) is 8.86. The molecule has 2 aliphatic carbocycles. The quantitative estimate of drug-likeness (QED) is 0.651. The highest BCUT2D eigenvalue weighted by molar-refractivity contribution is 6.07. The van der Waals surface area contributed by atoms with Crippen molar-refractivity contribution in [2.75, 3.05) is 0 Å². The van der Waals surface area contributed by atoms with Crippen molar-refractivity contribution in [2.45, 2.75) is 32.1 Å². The minimum absolute atomic E-state index is 0.117. The maximum atomic E-state index is 12.9. The molecule has 3 atom stereocenters. The molecule has 0 aliphatic heterocycles. The van der Waals surface area contributed by atoms with Crippen LogP contribution in [0.25, 0.3) is 22.2 Å². The second kappa shape index (κ2) is 7.86. The lowest BCUT2D eigenvalue weighted by molar-refractivity contribution is -0.123. The summed E-state index contributed by atoms with van der Waals surface area (Å²) in [7, 11) is 0. The summed E-state index contributed by atoms with van der Waals surface area (Å²) in [5, 5.41) is 0.746. The van der Waals surface area contributed by atoms with Crippen molar-refractivity contribution < 1.29 is 9.59 Å². The zero-order chi connectivity index (χ0) is 20.5. The van der Waals surface area contributed by atoms with E-state index in [9.17, 15) is 9.59 Å². The molecule has 3 aromatic rings. The first-order valence-corrected chi connectivity index (χ1v) is 10.6. The van der Waals surface area contributed by atoms with E-state index in [0.717, 1.165) is 28.8 Å². The number of hydrogen-bond acceptors (Lipinski definition) is 4. The summed E-state index contributed by atoms with van der Waals surface area (Å²) in [5.41, 5.74) is 8.01. The van der Waals surface area contributed by atoms with Crippen LogP contribution in [0.15, 0.2) is 54.9 Å². The molecule has 5 rings (SSSR count). The standard InChI is InChI=1S/C24H24N4O2/c29-23(13-18-12-15-5-6-17(18)11-15)27-28-24(30)20-14-22(16-7-9-25-10-8-16)26-21-4-2-1-3-19(20)21/h1-4,7-10,14-15,17-18H,5-6,11-13H2,(H,27,29)(H,28,30)/t15-,17-,18+/m0/s1. The van der Waals surface area contributed by atoms with Gasteiger partial charge in [-0.05, 0) is 61.3 Å². The Bertz CT molecular complexity index is 1100. The Morgan fingerprint density at radius 2 is 1.83 bits per heavy atom. The lowest BCUT2D eigenvalue weighted by Gasteiger charge is -2.21. The summed E-state index contributed by atoms with van der Waals surface area (Å²) < 4.78 is 0. The van der Waals surface area contributed by atoms with E-state index in [-0.39, 0.29) is 11.8 Å². The Kier molecular flexibility index (Phi) is 4.91. The van der Waals surface area contributed by atoms with Gasteiger partial charge in [-0.3, -0.25) is 25.4 Å². The minimum atomic E-state index is -0.342. The molecule has 2 amide bonds. The summed E-state index contributed by atoms with van der Waals surface area (Å²) >= 11 is 0. The molecule has 30 heavy (non-hydrogen) atoms. The summed E-state index contributed by atoms with van der Waals surface area (Å²) in [6, 6.07) is 13.0. The molecule has 6 heteroatoms. The van der Waals surface area contributed by atoms with Gasteiger partial charge in [0.05, 0.1) is 16.8 Å². The summed E-state index contributed by atoms with van der Waals surface area (Å²) in [5.74, 6) is 1.49. The highest BCUT2D eigenvalue weighted by Gasteiger charge is 2.40. The molecule has 1 aromatic carbocycles. The van der Waals surface area contributed by atoms with Crippen molar-refractivity contribution in [3.05, 3.63) is 60.4 Å². The van der Waals surface area contributed by atoms with Crippen LogP contribution < -0.4 is 10.9 Å². The Balaban J connectivity index is 1.33. The molecule has 0 unspecified atom stereocenters. The number of carbonyl (C=O) groups is 2. The SMILES string of the molecule is O=C(C[C@H]1C[C@H]2CC[C@H]1C2)NNC(=O)c1cc(-c2ccncc2)nc2ccccc12. The number of nitrogens with one attached hydrogen (secondary N) is 2. The van der Waals surface area contributed by atoms with Crippen LogP contribution in [0.1, 0.15) is 42.5 Å². The first-order chi connectivity index (χ1) is 14.7. The van der Waals surface area contributed by atoms with Crippen LogP contribution in [0.4, 0.5) is 0 Å². The number of para-hydroxylation sites is 1. The zero-order valence-electron chi connectivity index (χ0n) is 16.7. The molecule has 2 aliphatic rings. The average Bonchev–Trinajstić information content (AvgIpc) is 3.40. The number of fused-ring (bicyclic) bond motifs is 3. The van der Waals surface area contributed by atoms with Gasteiger partial charge in [0.2, 0.25) is 5.91 Å². The minimum Gasteiger partial charge on any atom is -0.273 e. The van der Waals surface area contributed by atoms with E-state index in [1.54, 1.807) is 18.5 Å². The van der Waals surface area contributed by atoms with Gasteiger partial charge >= 0.3 is 0 Å². The normalized spacial score (nSPS) is 22.2. The second-order valence-electron chi connectivity index (χ2n) is 8.45. The van der Waals surface area contributed by atoms with Gasteiger partial charge in [0.15, 0.2) is 0 Å². The van der Waals surface area contributed by atoms with E-state index in [1.807, 2.05) is 36.4 Å².